The maximum atomic E-state index is 11.0. The third kappa shape index (κ3) is 3.48. The molecule has 2 aromatic heterocycles. The summed E-state index contributed by atoms with van der Waals surface area (Å²) < 4.78 is 1.80. The van der Waals surface area contributed by atoms with Crippen LogP contribution >= 0.6 is 0 Å². The van der Waals surface area contributed by atoms with Gasteiger partial charge in [-0.2, -0.15) is 5.10 Å². The highest BCUT2D eigenvalue weighted by atomic mass is 16.4. The fourth-order valence-corrected chi connectivity index (χ4v) is 3.59. The molecule has 8 heteroatoms. The second-order valence-corrected chi connectivity index (χ2v) is 6.77. The Hall–Kier alpha value is -3.00. The van der Waals surface area contributed by atoms with Gasteiger partial charge in [0.05, 0.1) is 23.8 Å². The minimum Gasteiger partial charge on any atom is -0.480 e. The Morgan fingerprint density at radius 3 is 2.78 bits per heavy atom. The number of rotatable bonds is 7. The number of benzene rings is 1. The molecule has 4 rings (SSSR count). The van der Waals surface area contributed by atoms with E-state index in [1.54, 1.807) is 17.2 Å². The van der Waals surface area contributed by atoms with E-state index in [1.165, 1.54) is 0 Å². The first-order valence-corrected chi connectivity index (χ1v) is 9.12. The van der Waals surface area contributed by atoms with Crippen LogP contribution in [0, 0.1) is 0 Å². The Morgan fingerprint density at radius 1 is 1.30 bits per heavy atom. The van der Waals surface area contributed by atoms with Crippen LogP contribution in [0.5, 0.6) is 0 Å². The number of hydrogen-bond donors (Lipinski definition) is 2. The molecule has 27 heavy (non-hydrogen) atoms. The van der Waals surface area contributed by atoms with Crippen LogP contribution in [0.15, 0.2) is 42.9 Å². The molecule has 0 bridgehead atoms. The Kier molecular flexibility index (Phi) is 4.72. The molecule has 0 radical (unpaired) electrons. The summed E-state index contributed by atoms with van der Waals surface area (Å²) in [6, 6.07) is 10.4. The summed E-state index contributed by atoms with van der Waals surface area (Å²) >= 11 is 0. The first-order valence-electron chi connectivity index (χ1n) is 9.12. The van der Waals surface area contributed by atoms with Crippen molar-refractivity contribution in [1.82, 2.24) is 24.6 Å². The molecule has 0 spiro atoms. The van der Waals surface area contributed by atoms with Crippen LogP contribution in [0.1, 0.15) is 19.8 Å². The van der Waals surface area contributed by atoms with Gasteiger partial charge in [0.15, 0.2) is 5.65 Å². The number of aliphatic carboxylic acids is 1. The van der Waals surface area contributed by atoms with E-state index in [9.17, 15) is 4.79 Å². The predicted octanol–water partition coefficient (Wildman–Crippen LogP) is 2.16. The van der Waals surface area contributed by atoms with Crippen molar-refractivity contribution < 1.29 is 9.90 Å². The van der Waals surface area contributed by atoms with Crippen molar-refractivity contribution in [2.24, 2.45) is 0 Å². The minimum absolute atomic E-state index is 0.0927. The van der Waals surface area contributed by atoms with E-state index in [0.29, 0.717) is 6.04 Å². The average Bonchev–Trinajstić information content (AvgIpc) is 3.08. The molecule has 3 aromatic rings. The lowest BCUT2D eigenvalue weighted by molar-refractivity contribution is -0.139. The van der Waals surface area contributed by atoms with Gasteiger partial charge in [0.2, 0.25) is 0 Å². The summed E-state index contributed by atoms with van der Waals surface area (Å²) in [5.41, 5.74) is 1.71. The molecule has 1 fully saturated rings. The molecule has 1 aliphatic rings. The number of likely N-dealkylation sites (N-methyl/N-ethyl adjacent to an activating group) is 1. The molecule has 140 valence electrons. The first-order chi connectivity index (χ1) is 13.2. The van der Waals surface area contributed by atoms with E-state index < -0.39 is 5.97 Å². The Bertz CT molecular complexity index is 936. The zero-order valence-corrected chi connectivity index (χ0v) is 15.1. The van der Waals surface area contributed by atoms with Crippen LogP contribution in [0.2, 0.25) is 0 Å². The third-order valence-corrected chi connectivity index (χ3v) is 5.08. The normalized spacial score (nSPS) is 19.2. The molecule has 0 amide bonds. The molecule has 1 aliphatic carbocycles. The number of aromatic nitrogens is 4. The summed E-state index contributed by atoms with van der Waals surface area (Å²) in [6.07, 6.45) is 5.13. The molecule has 2 N–H and O–H groups in total. The molecular weight excluding hydrogens is 344 g/mol. The van der Waals surface area contributed by atoms with Crippen molar-refractivity contribution in [3.8, 4) is 5.69 Å². The highest BCUT2D eigenvalue weighted by Crippen LogP contribution is 2.30. The van der Waals surface area contributed by atoms with E-state index in [0.717, 1.165) is 41.9 Å². The van der Waals surface area contributed by atoms with Gasteiger partial charge in [-0.15, -0.1) is 0 Å². The summed E-state index contributed by atoms with van der Waals surface area (Å²) in [5.74, 6) is -0.00833. The number of carboxylic acids is 1. The van der Waals surface area contributed by atoms with Crippen molar-refractivity contribution in [2.75, 3.05) is 18.4 Å². The van der Waals surface area contributed by atoms with Crippen LogP contribution in [-0.2, 0) is 4.79 Å². The molecular formula is C19H22N6O2. The van der Waals surface area contributed by atoms with Crippen molar-refractivity contribution in [3.63, 3.8) is 0 Å². The van der Waals surface area contributed by atoms with Gasteiger partial charge >= 0.3 is 5.97 Å². The van der Waals surface area contributed by atoms with Gasteiger partial charge in [0, 0.05) is 12.1 Å². The largest absolute Gasteiger partial charge is 0.480 e. The predicted molar refractivity (Wildman–Crippen MR) is 102 cm³/mol. The van der Waals surface area contributed by atoms with Gasteiger partial charge < -0.3 is 10.4 Å². The van der Waals surface area contributed by atoms with Gasteiger partial charge in [-0.1, -0.05) is 25.1 Å². The zero-order valence-electron chi connectivity index (χ0n) is 15.1. The molecule has 1 saturated carbocycles. The van der Waals surface area contributed by atoms with Crippen LogP contribution in [0.25, 0.3) is 16.7 Å². The van der Waals surface area contributed by atoms with Crippen LogP contribution in [0.4, 0.5) is 5.82 Å². The Balaban J connectivity index is 1.48. The number of anilines is 1. The second kappa shape index (κ2) is 7.32. The number of para-hydroxylation sites is 1. The lowest BCUT2D eigenvalue weighted by atomic mass is 9.85. The second-order valence-electron chi connectivity index (χ2n) is 6.77. The standard InChI is InChI=1S/C19H22N6O2/c1-2-24(11-17(26)27)15-8-13(9-15)23-18-16-10-22-25(19(16)21-12-20-18)14-6-4-3-5-7-14/h3-7,10,12-13,15H,2,8-9,11H2,1H3,(H,26,27)(H,20,21,23). The molecule has 0 aliphatic heterocycles. The van der Waals surface area contributed by atoms with Crippen molar-refractivity contribution in [3.05, 3.63) is 42.9 Å². The van der Waals surface area contributed by atoms with E-state index >= 15 is 0 Å². The number of nitrogens with zero attached hydrogens (tertiary/aromatic N) is 5. The monoisotopic (exact) mass is 366 g/mol. The highest BCUT2D eigenvalue weighted by Gasteiger charge is 2.34. The van der Waals surface area contributed by atoms with E-state index in [1.807, 2.05) is 42.2 Å². The average molecular weight is 366 g/mol. The highest BCUT2D eigenvalue weighted by molar-refractivity contribution is 5.87. The molecule has 8 nitrogen and oxygen atoms in total. The SMILES string of the molecule is CCN(CC(=O)O)C1CC(Nc2ncnc3c2cnn3-c2ccccc2)C1. The number of carbonyl (C=O) groups is 1. The van der Waals surface area contributed by atoms with Gasteiger partial charge in [-0.3, -0.25) is 9.69 Å². The minimum atomic E-state index is -0.779. The van der Waals surface area contributed by atoms with Crippen LogP contribution < -0.4 is 5.32 Å². The van der Waals surface area contributed by atoms with Gasteiger partial charge in [0.1, 0.15) is 12.1 Å². The van der Waals surface area contributed by atoms with E-state index in [2.05, 4.69) is 20.4 Å². The molecule has 0 saturated heterocycles. The maximum absolute atomic E-state index is 11.0. The van der Waals surface area contributed by atoms with Gasteiger partial charge in [0.25, 0.3) is 0 Å². The smallest absolute Gasteiger partial charge is 0.317 e. The summed E-state index contributed by atoms with van der Waals surface area (Å²) in [6.45, 7) is 2.83. The molecule has 0 unspecified atom stereocenters. The van der Waals surface area contributed by atoms with E-state index in [4.69, 9.17) is 5.11 Å². The van der Waals surface area contributed by atoms with Crippen molar-refractivity contribution >= 4 is 22.8 Å². The fraction of sp³-hybridized carbons (Fsp3) is 0.368. The van der Waals surface area contributed by atoms with Crippen molar-refractivity contribution in [2.45, 2.75) is 31.8 Å². The number of carboxylic acid groups (broad SMARTS) is 1. The fourth-order valence-electron chi connectivity index (χ4n) is 3.59. The third-order valence-electron chi connectivity index (χ3n) is 5.08. The molecule has 1 aromatic carbocycles. The Morgan fingerprint density at radius 2 is 2.07 bits per heavy atom. The van der Waals surface area contributed by atoms with Crippen LogP contribution in [-0.4, -0.2) is 60.9 Å². The van der Waals surface area contributed by atoms with Crippen LogP contribution in [0.3, 0.4) is 0 Å². The molecule has 2 heterocycles. The van der Waals surface area contributed by atoms with Crippen molar-refractivity contribution in [1.29, 1.82) is 0 Å². The summed E-state index contributed by atoms with van der Waals surface area (Å²) in [7, 11) is 0. The first kappa shape index (κ1) is 17.4. The van der Waals surface area contributed by atoms with Gasteiger partial charge in [-0.05, 0) is 31.5 Å². The topological polar surface area (TPSA) is 96.2 Å². The lowest BCUT2D eigenvalue weighted by Gasteiger charge is -2.42. The number of hydrogen-bond acceptors (Lipinski definition) is 6. The lowest BCUT2D eigenvalue weighted by Crippen LogP contribution is -2.51. The zero-order chi connectivity index (χ0) is 18.8. The quantitative estimate of drug-likeness (QED) is 0.661. The Labute approximate surface area is 156 Å². The molecule has 0 atom stereocenters. The van der Waals surface area contributed by atoms with Gasteiger partial charge in [-0.25, -0.2) is 14.6 Å². The maximum Gasteiger partial charge on any atom is 0.317 e. The number of nitrogens with one attached hydrogen (secondary N) is 1. The summed E-state index contributed by atoms with van der Waals surface area (Å²) in [5, 5.41) is 17.8. The van der Waals surface area contributed by atoms with E-state index in [-0.39, 0.29) is 12.6 Å². The number of fused-ring (bicyclic) bond motifs is 1. The summed E-state index contributed by atoms with van der Waals surface area (Å²) in [4.78, 5) is 21.8.